The average Bonchev–Trinajstić information content (AvgIpc) is 1.86. The molecule has 0 aliphatic carbocycles. The van der Waals surface area contributed by atoms with E-state index in [2.05, 4.69) is 0 Å². The van der Waals surface area contributed by atoms with Crippen molar-refractivity contribution in [1.29, 1.82) is 0 Å². The Morgan fingerprint density at radius 3 is 2.00 bits per heavy atom. The Balaban J connectivity index is 0. The van der Waals surface area contributed by atoms with E-state index in [9.17, 15) is 0 Å². The van der Waals surface area contributed by atoms with Gasteiger partial charge in [-0.05, 0) is 6.92 Å². The lowest BCUT2D eigenvalue weighted by Crippen LogP contribution is -2.25. The minimum Gasteiger partial charge on any atom is -0.481 e. The van der Waals surface area contributed by atoms with Crippen molar-refractivity contribution >= 4 is 5.97 Å². The summed E-state index contributed by atoms with van der Waals surface area (Å²) in [4.78, 5) is 9.00. The van der Waals surface area contributed by atoms with Crippen LogP contribution in [0.15, 0.2) is 0 Å². The minimum absolute atomic E-state index is 0.698. The zero-order valence-electron chi connectivity index (χ0n) is 8.13. The molecule has 2 N–H and O–H groups in total. The van der Waals surface area contributed by atoms with Gasteiger partial charge in [-0.3, -0.25) is 4.79 Å². The number of hydrogen-bond donors (Lipinski definition) is 2. The van der Waals surface area contributed by atoms with Gasteiger partial charge in [-0.25, -0.2) is 0 Å². The van der Waals surface area contributed by atoms with Gasteiger partial charge in [-0.1, -0.05) is 13.3 Å². The van der Waals surface area contributed by atoms with Gasteiger partial charge in [0.2, 0.25) is 0 Å². The minimum atomic E-state index is -0.908. The van der Waals surface area contributed by atoms with Gasteiger partial charge in [0.05, 0.1) is 0 Å². The van der Waals surface area contributed by atoms with Crippen LogP contribution < -0.4 is 0 Å². The predicted molar refractivity (Wildman–Crippen MR) is 45.9 cm³/mol. The number of carboxylic acids is 1. The summed E-state index contributed by atoms with van der Waals surface area (Å²) in [6.45, 7) is 4.75. The largest absolute Gasteiger partial charge is 0.481 e. The molecule has 0 aliphatic rings. The van der Waals surface area contributed by atoms with Gasteiger partial charge in [-0.15, -0.1) is 0 Å². The van der Waals surface area contributed by atoms with Crippen molar-refractivity contribution in [2.45, 2.75) is 39.4 Å². The van der Waals surface area contributed by atoms with E-state index >= 15 is 0 Å². The smallest absolute Gasteiger partial charge is 0.300 e. The van der Waals surface area contributed by atoms with Crippen molar-refractivity contribution in [3.63, 3.8) is 0 Å². The van der Waals surface area contributed by atoms with Gasteiger partial charge in [0.1, 0.15) is 0 Å². The zero-order chi connectivity index (χ0) is 10.2. The molecule has 0 saturated heterocycles. The molecule has 0 spiro atoms. The average molecular weight is 178 g/mol. The molecular formula is C8H18O4. The summed E-state index contributed by atoms with van der Waals surface area (Å²) in [5.41, 5.74) is 0. The van der Waals surface area contributed by atoms with Crippen LogP contribution in [0.25, 0.3) is 0 Å². The van der Waals surface area contributed by atoms with Crippen LogP contribution in [0, 0.1) is 0 Å². The summed E-state index contributed by atoms with van der Waals surface area (Å²) in [6.07, 6.45) is 1.64. The normalized spacial score (nSPS) is 14.1. The highest BCUT2D eigenvalue weighted by Gasteiger charge is 2.15. The monoisotopic (exact) mass is 178 g/mol. The summed E-state index contributed by atoms with van der Waals surface area (Å²) >= 11 is 0. The van der Waals surface area contributed by atoms with E-state index in [1.807, 2.05) is 6.92 Å². The molecule has 1 atom stereocenters. The molecule has 4 nitrogen and oxygen atoms in total. The molecule has 74 valence electrons. The molecule has 0 rings (SSSR count). The molecule has 0 aromatic carbocycles. The Bertz CT molecular complexity index is 116. The van der Waals surface area contributed by atoms with E-state index in [4.69, 9.17) is 19.7 Å². The third-order valence-corrected chi connectivity index (χ3v) is 1.15. The fourth-order valence-electron chi connectivity index (χ4n) is 0.566. The van der Waals surface area contributed by atoms with Crippen molar-refractivity contribution in [2.75, 3.05) is 7.11 Å². The first-order valence-electron chi connectivity index (χ1n) is 3.82. The quantitative estimate of drug-likeness (QED) is 0.638. The Hall–Kier alpha value is -0.610. The first-order chi connectivity index (χ1) is 5.35. The Morgan fingerprint density at radius 2 is 1.92 bits per heavy atom. The van der Waals surface area contributed by atoms with Gasteiger partial charge in [0, 0.05) is 20.5 Å². The lowest BCUT2D eigenvalue weighted by molar-refractivity contribution is -0.174. The second-order valence-corrected chi connectivity index (χ2v) is 2.65. The molecule has 0 saturated carbocycles. The van der Waals surface area contributed by atoms with E-state index in [0.717, 1.165) is 13.3 Å². The van der Waals surface area contributed by atoms with E-state index in [1.54, 1.807) is 6.92 Å². The number of hydrogen-bond acceptors (Lipinski definition) is 3. The summed E-state index contributed by atoms with van der Waals surface area (Å²) in [6, 6.07) is 0. The van der Waals surface area contributed by atoms with Crippen molar-refractivity contribution in [3.05, 3.63) is 0 Å². The van der Waals surface area contributed by atoms with Gasteiger partial charge in [0.25, 0.3) is 5.97 Å². The Morgan fingerprint density at radius 1 is 1.58 bits per heavy atom. The molecule has 0 heterocycles. The van der Waals surface area contributed by atoms with Crippen LogP contribution in [0.1, 0.15) is 33.6 Å². The van der Waals surface area contributed by atoms with E-state index in [-0.39, 0.29) is 0 Å². The van der Waals surface area contributed by atoms with Crippen LogP contribution in [-0.2, 0) is 9.53 Å². The molecule has 0 aliphatic heterocycles. The van der Waals surface area contributed by atoms with Crippen LogP contribution >= 0.6 is 0 Å². The SMILES string of the molecule is CC(=O)O.CCCC(C)(O)OC. The third kappa shape index (κ3) is 16.2. The molecular weight excluding hydrogens is 160 g/mol. The molecule has 0 aromatic heterocycles. The number of carbonyl (C=O) groups is 1. The number of rotatable bonds is 3. The van der Waals surface area contributed by atoms with Gasteiger partial charge in [-0.2, -0.15) is 0 Å². The number of aliphatic carboxylic acids is 1. The highest BCUT2D eigenvalue weighted by atomic mass is 16.6. The predicted octanol–water partition coefficient (Wildman–Crippen LogP) is 1.23. The summed E-state index contributed by atoms with van der Waals surface area (Å²) in [5.74, 6) is -1.74. The van der Waals surface area contributed by atoms with Crippen molar-refractivity contribution in [1.82, 2.24) is 0 Å². The Kier molecular flexibility index (Phi) is 8.21. The number of aliphatic hydroxyl groups is 1. The zero-order valence-corrected chi connectivity index (χ0v) is 8.13. The molecule has 0 amide bonds. The molecule has 4 heteroatoms. The fourth-order valence-corrected chi connectivity index (χ4v) is 0.566. The number of ether oxygens (including phenoxy) is 1. The van der Waals surface area contributed by atoms with Crippen molar-refractivity contribution < 1.29 is 19.7 Å². The maximum atomic E-state index is 9.10. The van der Waals surface area contributed by atoms with Crippen LogP contribution in [0.2, 0.25) is 0 Å². The highest BCUT2D eigenvalue weighted by Crippen LogP contribution is 2.10. The second kappa shape index (κ2) is 7.06. The molecule has 12 heavy (non-hydrogen) atoms. The highest BCUT2D eigenvalue weighted by molar-refractivity contribution is 5.62. The number of carboxylic acid groups (broad SMARTS) is 1. The maximum Gasteiger partial charge on any atom is 0.300 e. The second-order valence-electron chi connectivity index (χ2n) is 2.65. The fraction of sp³-hybridized carbons (Fsp3) is 0.875. The Labute approximate surface area is 73.2 Å². The van der Waals surface area contributed by atoms with Gasteiger partial charge >= 0.3 is 0 Å². The first kappa shape index (κ1) is 13.9. The van der Waals surface area contributed by atoms with Crippen LogP contribution in [0.4, 0.5) is 0 Å². The lowest BCUT2D eigenvalue weighted by atomic mass is 10.2. The van der Waals surface area contributed by atoms with Crippen LogP contribution in [-0.4, -0.2) is 29.1 Å². The summed E-state index contributed by atoms with van der Waals surface area (Å²) < 4.78 is 4.73. The van der Waals surface area contributed by atoms with Gasteiger partial charge in [0.15, 0.2) is 5.79 Å². The molecule has 0 aromatic rings. The standard InChI is InChI=1S/C6H14O2.C2H4O2/c1-4-5-6(2,7)8-3;1-2(3)4/h7H,4-5H2,1-3H3;1H3,(H,3,4). The van der Waals surface area contributed by atoms with Gasteiger partial charge < -0.3 is 14.9 Å². The van der Waals surface area contributed by atoms with E-state index in [1.165, 1.54) is 7.11 Å². The van der Waals surface area contributed by atoms with Crippen molar-refractivity contribution in [2.24, 2.45) is 0 Å². The maximum absolute atomic E-state index is 9.10. The van der Waals surface area contributed by atoms with Crippen LogP contribution in [0.5, 0.6) is 0 Å². The van der Waals surface area contributed by atoms with E-state index < -0.39 is 11.8 Å². The lowest BCUT2D eigenvalue weighted by Gasteiger charge is -2.19. The number of methoxy groups -OCH3 is 1. The third-order valence-electron chi connectivity index (χ3n) is 1.15. The van der Waals surface area contributed by atoms with E-state index in [0.29, 0.717) is 6.42 Å². The molecule has 0 fully saturated rings. The first-order valence-corrected chi connectivity index (χ1v) is 3.82. The molecule has 0 bridgehead atoms. The van der Waals surface area contributed by atoms with Crippen LogP contribution in [0.3, 0.4) is 0 Å². The summed E-state index contributed by atoms with van der Waals surface area (Å²) in [7, 11) is 1.51. The van der Waals surface area contributed by atoms with Crippen molar-refractivity contribution in [3.8, 4) is 0 Å². The molecule has 0 radical (unpaired) electrons. The molecule has 1 unspecified atom stereocenters. The summed E-state index contributed by atoms with van der Waals surface area (Å²) in [5, 5.41) is 16.5. The topological polar surface area (TPSA) is 66.8 Å².